The number of ether oxygens (including phenoxy) is 1. The van der Waals surface area contributed by atoms with E-state index < -0.39 is 10.0 Å². The van der Waals surface area contributed by atoms with Crippen molar-refractivity contribution in [1.29, 1.82) is 0 Å². The number of benzene rings is 1. The molecule has 0 bridgehead atoms. The van der Waals surface area contributed by atoms with Gasteiger partial charge in [0.25, 0.3) is 0 Å². The van der Waals surface area contributed by atoms with Crippen molar-refractivity contribution in [3.63, 3.8) is 0 Å². The van der Waals surface area contributed by atoms with Crippen LogP contribution in [-0.2, 0) is 26.6 Å². The van der Waals surface area contributed by atoms with Gasteiger partial charge in [0.2, 0.25) is 15.9 Å². The van der Waals surface area contributed by atoms with E-state index in [2.05, 4.69) is 5.10 Å². The highest BCUT2D eigenvalue weighted by Crippen LogP contribution is 2.31. The summed E-state index contributed by atoms with van der Waals surface area (Å²) < 4.78 is 32.8. The fourth-order valence-corrected chi connectivity index (χ4v) is 3.81. The van der Waals surface area contributed by atoms with Crippen molar-refractivity contribution in [2.75, 3.05) is 43.4 Å². The van der Waals surface area contributed by atoms with Gasteiger partial charge in [0.1, 0.15) is 12.4 Å². The third-order valence-corrected chi connectivity index (χ3v) is 5.37. The summed E-state index contributed by atoms with van der Waals surface area (Å²) in [6, 6.07) is 9.39. The Bertz CT molecular complexity index is 873. The largest absolute Gasteiger partial charge is 0.378 e. The molecule has 8 nitrogen and oxygen atoms in total. The van der Waals surface area contributed by atoms with Crippen LogP contribution in [0.2, 0.25) is 0 Å². The lowest BCUT2D eigenvalue weighted by Crippen LogP contribution is -2.47. The van der Waals surface area contributed by atoms with Crippen LogP contribution in [0.3, 0.4) is 0 Å². The lowest BCUT2D eigenvalue weighted by molar-refractivity contribution is -0.133. The van der Waals surface area contributed by atoms with Crippen molar-refractivity contribution in [2.45, 2.75) is 0 Å². The smallest absolute Gasteiger partial charge is 0.243 e. The summed E-state index contributed by atoms with van der Waals surface area (Å²) >= 11 is 0. The van der Waals surface area contributed by atoms with E-state index in [1.165, 1.54) is 4.68 Å². The molecular weight excluding hydrogens is 356 g/mol. The first-order valence-electron chi connectivity index (χ1n) is 8.28. The number of hydrogen-bond acceptors (Lipinski definition) is 5. The van der Waals surface area contributed by atoms with Crippen molar-refractivity contribution >= 4 is 21.7 Å². The molecule has 3 rings (SSSR count). The van der Waals surface area contributed by atoms with E-state index in [-0.39, 0.29) is 12.5 Å². The monoisotopic (exact) mass is 378 g/mol. The molecule has 0 atom stereocenters. The molecule has 0 N–H and O–H groups in total. The molecule has 1 aromatic heterocycles. The summed E-state index contributed by atoms with van der Waals surface area (Å²) in [6.45, 7) is 1.59. The first kappa shape index (κ1) is 18.4. The first-order valence-corrected chi connectivity index (χ1v) is 10.1. The van der Waals surface area contributed by atoms with E-state index in [1.54, 1.807) is 18.1 Å². The number of aryl methyl sites for hydroxylation is 1. The molecular formula is C17H22N4O4S. The van der Waals surface area contributed by atoms with Gasteiger partial charge in [-0.2, -0.15) is 5.10 Å². The Morgan fingerprint density at radius 2 is 1.88 bits per heavy atom. The summed E-state index contributed by atoms with van der Waals surface area (Å²) in [6.07, 6.45) is 2.71. The van der Waals surface area contributed by atoms with E-state index in [0.717, 1.165) is 16.1 Å². The van der Waals surface area contributed by atoms with Gasteiger partial charge in [-0.3, -0.25) is 9.48 Å². The Labute approximate surface area is 153 Å². The second-order valence-electron chi connectivity index (χ2n) is 6.13. The number of hydrogen-bond donors (Lipinski definition) is 0. The summed E-state index contributed by atoms with van der Waals surface area (Å²) in [5, 5.41) is 4.21. The standard InChI is InChI=1S/C17H22N4O4S/c1-19-17(15(12-18-19)14-6-4-3-5-7-14)21(26(2,23)24)13-16(22)20-8-10-25-11-9-20/h3-7,12H,8-11,13H2,1-2H3. The molecule has 1 aliphatic heterocycles. The topological polar surface area (TPSA) is 84.7 Å². The number of sulfonamides is 1. The maximum atomic E-state index is 12.6. The van der Waals surface area contributed by atoms with Crippen molar-refractivity contribution in [3.05, 3.63) is 36.5 Å². The number of carbonyl (C=O) groups excluding carboxylic acids is 1. The molecule has 0 aliphatic carbocycles. The van der Waals surface area contributed by atoms with Crippen LogP contribution in [0.4, 0.5) is 5.82 Å². The zero-order valence-corrected chi connectivity index (χ0v) is 15.6. The number of carbonyl (C=O) groups is 1. The minimum absolute atomic E-state index is 0.251. The van der Waals surface area contributed by atoms with Crippen molar-refractivity contribution in [1.82, 2.24) is 14.7 Å². The van der Waals surface area contributed by atoms with Gasteiger partial charge in [-0.1, -0.05) is 30.3 Å². The van der Waals surface area contributed by atoms with Crippen LogP contribution >= 0.6 is 0 Å². The number of aromatic nitrogens is 2. The lowest BCUT2D eigenvalue weighted by Gasteiger charge is -2.30. The van der Waals surface area contributed by atoms with Gasteiger partial charge in [-0.25, -0.2) is 12.7 Å². The molecule has 9 heteroatoms. The molecule has 2 heterocycles. The maximum absolute atomic E-state index is 12.6. The Morgan fingerprint density at radius 3 is 2.50 bits per heavy atom. The molecule has 1 amide bonds. The van der Waals surface area contributed by atoms with Crippen LogP contribution in [-0.4, -0.2) is 68.1 Å². The normalized spacial score (nSPS) is 15.1. The van der Waals surface area contributed by atoms with E-state index in [4.69, 9.17) is 4.74 Å². The molecule has 0 saturated carbocycles. The zero-order valence-electron chi connectivity index (χ0n) is 14.8. The molecule has 1 saturated heterocycles. The highest BCUT2D eigenvalue weighted by Gasteiger charge is 2.29. The molecule has 26 heavy (non-hydrogen) atoms. The van der Waals surface area contributed by atoms with Crippen LogP contribution in [0, 0.1) is 0 Å². The number of rotatable bonds is 5. The van der Waals surface area contributed by atoms with Gasteiger partial charge in [-0.05, 0) is 5.56 Å². The van der Waals surface area contributed by atoms with E-state index in [1.807, 2.05) is 30.3 Å². The summed E-state index contributed by atoms with van der Waals surface area (Å²) in [4.78, 5) is 14.3. The van der Waals surface area contributed by atoms with Gasteiger partial charge in [0.15, 0.2) is 0 Å². The average molecular weight is 378 g/mol. The van der Waals surface area contributed by atoms with Gasteiger partial charge in [0, 0.05) is 25.7 Å². The second-order valence-corrected chi connectivity index (χ2v) is 8.04. The average Bonchev–Trinajstić information content (AvgIpc) is 3.01. The summed E-state index contributed by atoms with van der Waals surface area (Å²) in [5.41, 5.74) is 1.50. The van der Waals surface area contributed by atoms with Crippen LogP contribution in [0.25, 0.3) is 11.1 Å². The Kier molecular flexibility index (Phi) is 5.28. The predicted octanol–water partition coefficient (Wildman–Crippen LogP) is 0.712. The maximum Gasteiger partial charge on any atom is 0.243 e. The highest BCUT2D eigenvalue weighted by atomic mass is 32.2. The van der Waals surface area contributed by atoms with Crippen LogP contribution in [0.5, 0.6) is 0 Å². The van der Waals surface area contributed by atoms with E-state index >= 15 is 0 Å². The quantitative estimate of drug-likeness (QED) is 0.765. The number of amides is 1. The number of anilines is 1. The molecule has 140 valence electrons. The molecule has 2 aromatic rings. The molecule has 0 radical (unpaired) electrons. The Hall–Kier alpha value is -2.39. The predicted molar refractivity (Wildman–Crippen MR) is 98.2 cm³/mol. The number of morpholine rings is 1. The van der Waals surface area contributed by atoms with Gasteiger partial charge in [0.05, 0.1) is 25.7 Å². The summed E-state index contributed by atoms with van der Waals surface area (Å²) in [5.74, 6) is 0.124. The van der Waals surface area contributed by atoms with Gasteiger partial charge in [-0.15, -0.1) is 0 Å². The molecule has 1 fully saturated rings. The van der Waals surface area contributed by atoms with Crippen LogP contribution in [0.15, 0.2) is 36.5 Å². The molecule has 0 unspecified atom stereocenters. The lowest BCUT2D eigenvalue weighted by atomic mass is 10.1. The Balaban J connectivity index is 1.97. The fraction of sp³-hybridized carbons (Fsp3) is 0.412. The Morgan fingerprint density at radius 1 is 1.23 bits per heavy atom. The van der Waals surface area contributed by atoms with Crippen molar-refractivity contribution in [3.8, 4) is 11.1 Å². The van der Waals surface area contributed by atoms with Crippen molar-refractivity contribution < 1.29 is 17.9 Å². The molecule has 0 spiro atoms. The fourth-order valence-electron chi connectivity index (χ4n) is 2.93. The minimum atomic E-state index is -3.68. The summed E-state index contributed by atoms with van der Waals surface area (Å²) in [7, 11) is -2.02. The van der Waals surface area contributed by atoms with E-state index in [9.17, 15) is 13.2 Å². The SMILES string of the molecule is Cn1ncc(-c2ccccc2)c1N(CC(=O)N1CCOCC1)S(C)(=O)=O. The van der Waals surface area contributed by atoms with Gasteiger partial charge < -0.3 is 9.64 Å². The second kappa shape index (κ2) is 7.46. The molecule has 1 aliphatic rings. The van der Waals surface area contributed by atoms with Crippen molar-refractivity contribution in [2.24, 2.45) is 7.05 Å². The first-order chi connectivity index (χ1) is 12.4. The third-order valence-electron chi connectivity index (χ3n) is 4.27. The third kappa shape index (κ3) is 3.88. The highest BCUT2D eigenvalue weighted by molar-refractivity contribution is 7.92. The van der Waals surface area contributed by atoms with Crippen LogP contribution < -0.4 is 4.31 Å². The molecule has 1 aromatic carbocycles. The van der Waals surface area contributed by atoms with Crippen LogP contribution in [0.1, 0.15) is 0 Å². The number of nitrogens with zero attached hydrogens (tertiary/aromatic N) is 4. The van der Waals surface area contributed by atoms with E-state index in [0.29, 0.717) is 37.7 Å². The van der Waals surface area contributed by atoms with Gasteiger partial charge >= 0.3 is 0 Å². The minimum Gasteiger partial charge on any atom is -0.378 e. The zero-order chi connectivity index (χ0) is 18.7.